The number of oxazole rings is 1. The Bertz CT molecular complexity index is 1480. The van der Waals surface area contributed by atoms with Crippen LogP contribution in [0.3, 0.4) is 0 Å². The number of hydrogen-bond donors (Lipinski definition) is 2. The molecule has 2 heterocycles. The van der Waals surface area contributed by atoms with Crippen LogP contribution in [0.1, 0.15) is 27.5 Å². The average Bonchev–Trinajstić information content (AvgIpc) is 3.30. The standard InChI is InChI=1S/C24H18F6N4O4/c1-36-16-8-6-14(13-7-9-18(23(25,26)27)33-19(13)16)22-34-20(17(10-31)37-22)21(35)32-11-12-4-2-3-5-15(12)38-24(28,29)30/h2-9H,10-11,31H2,1H3,(H,32,35). The highest BCUT2D eigenvalue weighted by Gasteiger charge is 2.34. The lowest BCUT2D eigenvalue weighted by atomic mass is 10.1. The molecular formula is C24H18F6N4O4. The number of amides is 1. The van der Waals surface area contributed by atoms with Gasteiger partial charge in [-0.3, -0.25) is 4.79 Å². The van der Waals surface area contributed by atoms with Gasteiger partial charge in [0.2, 0.25) is 5.89 Å². The molecule has 0 saturated heterocycles. The van der Waals surface area contributed by atoms with E-state index in [-0.39, 0.29) is 58.2 Å². The molecule has 0 atom stereocenters. The van der Waals surface area contributed by atoms with E-state index in [0.29, 0.717) is 0 Å². The van der Waals surface area contributed by atoms with Crippen LogP contribution in [0.2, 0.25) is 0 Å². The Labute approximate surface area is 210 Å². The Morgan fingerprint density at radius 3 is 2.39 bits per heavy atom. The summed E-state index contributed by atoms with van der Waals surface area (Å²) in [5.41, 5.74) is 4.45. The van der Waals surface area contributed by atoms with E-state index in [2.05, 4.69) is 20.0 Å². The molecule has 0 saturated carbocycles. The van der Waals surface area contributed by atoms with Gasteiger partial charge in [0.15, 0.2) is 11.5 Å². The summed E-state index contributed by atoms with van der Waals surface area (Å²) in [6.45, 7) is -0.610. The van der Waals surface area contributed by atoms with Crippen LogP contribution >= 0.6 is 0 Å². The van der Waals surface area contributed by atoms with Crippen molar-refractivity contribution in [3.8, 4) is 23.0 Å². The van der Waals surface area contributed by atoms with Gasteiger partial charge in [0.05, 0.1) is 13.7 Å². The lowest BCUT2D eigenvalue weighted by Gasteiger charge is -2.13. The van der Waals surface area contributed by atoms with E-state index in [1.165, 1.54) is 43.5 Å². The molecular weight excluding hydrogens is 522 g/mol. The molecule has 0 aliphatic heterocycles. The Morgan fingerprint density at radius 2 is 1.74 bits per heavy atom. The highest BCUT2D eigenvalue weighted by molar-refractivity contribution is 5.98. The summed E-state index contributed by atoms with van der Waals surface area (Å²) in [6.07, 6.45) is -9.62. The van der Waals surface area contributed by atoms with Gasteiger partial charge in [0.25, 0.3) is 5.91 Å². The van der Waals surface area contributed by atoms with Crippen molar-refractivity contribution in [2.24, 2.45) is 5.73 Å². The minimum atomic E-state index is -4.93. The molecule has 0 fully saturated rings. The molecule has 1 amide bonds. The number of aromatic nitrogens is 2. The number of ether oxygens (including phenoxy) is 2. The summed E-state index contributed by atoms with van der Waals surface area (Å²) in [5, 5.41) is 2.64. The summed E-state index contributed by atoms with van der Waals surface area (Å²) >= 11 is 0. The number of hydrogen-bond acceptors (Lipinski definition) is 7. The number of alkyl halides is 6. The predicted molar refractivity (Wildman–Crippen MR) is 121 cm³/mol. The minimum Gasteiger partial charge on any atom is -0.494 e. The van der Waals surface area contributed by atoms with Crippen molar-refractivity contribution in [3.05, 3.63) is 71.2 Å². The number of nitrogens with one attached hydrogen (secondary N) is 1. The zero-order valence-corrected chi connectivity index (χ0v) is 19.4. The van der Waals surface area contributed by atoms with E-state index in [1.54, 1.807) is 0 Å². The summed E-state index contributed by atoms with van der Waals surface area (Å²) in [6, 6.07) is 10.0. The molecule has 0 bridgehead atoms. The summed E-state index contributed by atoms with van der Waals surface area (Å²) in [7, 11) is 1.27. The molecule has 4 rings (SSSR count). The lowest BCUT2D eigenvalue weighted by molar-refractivity contribution is -0.274. The van der Waals surface area contributed by atoms with E-state index in [9.17, 15) is 31.1 Å². The average molecular weight is 540 g/mol. The maximum Gasteiger partial charge on any atom is 0.573 e. The number of para-hydroxylation sites is 1. The Balaban J connectivity index is 1.66. The molecule has 4 aromatic rings. The smallest absolute Gasteiger partial charge is 0.494 e. The zero-order valence-electron chi connectivity index (χ0n) is 19.4. The van der Waals surface area contributed by atoms with Crippen LogP contribution in [0, 0.1) is 0 Å². The largest absolute Gasteiger partial charge is 0.573 e. The van der Waals surface area contributed by atoms with Crippen LogP contribution in [-0.4, -0.2) is 29.3 Å². The van der Waals surface area contributed by atoms with E-state index in [1.807, 2.05) is 0 Å². The van der Waals surface area contributed by atoms with Crippen molar-refractivity contribution in [2.75, 3.05) is 7.11 Å². The third kappa shape index (κ3) is 5.64. The van der Waals surface area contributed by atoms with Crippen molar-refractivity contribution in [1.82, 2.24) is 15.3 Å². The highest BCUT2D eigenvalue weighted by atomic mass is 19.4. The van der Waals surface area contributed by atoms with Gasteiger partial charge in [-0.1, -0.05) is 18.2 Å². The van der Waals surface area contributed by atoms with Gasteiger partial charge in [-0.15, -0.1) is 13.2 Å². The molecule has 14 heteroatoms. The number of benzene rings is 2. The van der Waals surface area contributed by atoms with Gasteiger partial charge in [-0.25, -0.2) is 9.97 Å². The number of nitrogens with zero attached hydrogens (tertiary/aromatic N) is 2. The second-order valence-corrected chi connectivity index (χ2v) is 7.74. The normalized spacial score (nSPS) is 12.0. The Hall–Kier alpha value is -4.33. The van der Waals surface area contributed by atoms with Crippen LogP contribution in [0.5, 0.6) is 11.5 Å². The maximum atomic E-state index is 13.2. The van der Waals surface area contributed by atoms with Gasteiger partial charge >= 0.3 is 12.5 Å². The summed E-state index contributed by atoms with van der Waals surface area (Å²) < 4.78 is 92.4. The lowest BCUT2D eigenvalue weighted by Crippen LogP contribution is -2.26. The van der Waals surface area contributed by atoms with Crippen LogP contribution in [0.15, 0.2) is 52.9 Å². The molecule has 0 aliphatic carbocycles. The van der Waals surface area contributed by atoms with Crippen LogP contribution in [0.25, 0.3) is 22.4 Å². The number of methoxy groups -OCH3 is 1. The fourth-order valence-corrected chi connectivity index (χ4v) is 3.62. The number of carbonyl (C=O) groups excluding carboxylic acids is 1. The van der Waals surface area contributed by atoms with Crippen molar-refractivity contribution in [2.45, 2.75) is 25.6 Å². The second kappa shape index (κ2) is 10.2. The first-order valence-corrected chi connectivity index (χ1v) is 10.8. The molecule has 8 nitrogen and oxygen atoms in total. The first-order valence-electron chi connectivity index (χ1n) is 10.8. The maximum absolute atomic E-state index is 13.2. The first-order chi connectivity index (χ1) is 17.9. The quantitative estimate of drug-likeness (QED) is 0.310. The monoisotopic (exact) mass is 540 g/mol. The van der Waals surface area contributed by atoms with E-state index < -0.39 is 29.9 Å². The number of carbonyl (C=O) groups is 1. The van der Waals surface area contributed by atoms with Gasteiger partial charge in [-0.05, 0) is 30.3 Å². The molecule has 3 N–H and O–H groups in total. The molecule has 200 valence electrons. The molecule has 0 unspecified atom stereocenters. The first kappa shape index (κ1) is 26.7. The summed E-state index contributed by atoms with van der Waals surface area (Å²) in [5.74, 6) is -1.42. The molecule has 38 heavy (non-hydrogen) atoms. The van der Waals surface area contributed by atoms with Crippen molar-refractivity contribution in [1.29, 1.82) is 0 Å². The number of pyridine rings is 1. The van der Waals surface area contributed by atoms with Crippen LogP contribution in [-0.2, 0) is 19.3 Å². The van der Waals surface area contributed by atoms with Gasteiger partial charge in [-0.2, -0.15) is 13.2 Å². The van der Waals surface area contributed by atoms with E-state index in [0.717, 1.165) is 12.1 Å². The predicted octanol–water partition coefficient (Wildman–Crippen LogP) is 5.20. The third-order valence-electron chi connectivity index (χ3n) is 5.30. The topological polar surface area (TPSA) is 112 Å². The fraction of sp³-hybridized carbons (Fsp3) is 0.208. The Morgan fingerprint density at radius 1 is 1.00 bits per heavy atom. The van der Waals surface area contributed by atoms with Crippen molar-refractivity contribution < 1.29 is 45.0 Å². The number of rotatable bonds is 7. The SMILES string of the molecule is COc1ccc(-c2nc(C(=O)NCc3ccccc3OC(F)(F)F)c(CN)o2)c2ccc(C(F)(F)F)nc12. The molecule has 0 spiro atoms. The van der Waals surface area contributed by atoms with Gasteiger partial charge in [0.1, 0.15) is 22.7 Å². The molecule has 0 aliphatic rings. The molecule has 2 aromatic carbocycles. The number of nitrogens with two attached hydrogens (primary N) is 1. The second-order valence-electron chi connectivity index (χ2n) is 7.74. The van der Waals surface area contributed by atoms with Crippen LogP contribution in [0.4, 0.5) is 26.3 Å². The van der Waals surface area contributed by atoms with Gasteiger partial charge in [0, 0.05) is 23.1 Å². The fourth-order valence-electron chi connectivity index (χ4n) is 3.62. The number of fused-ring (bicyclic) bond motifs is 1. The van der Waals surface area contributed by atoms with Crippen molar-refractivity contribution in [3.63, 3.8) is 0 Å². The van der Waals surface area contributed by atoms with E-state index in [4.69, 9.17) is 14.9 Å². The number of halogens is 6. The van der Waals surface area contributed by atoms with Gasteiger partial charge < -0.3 is 24.9 Å². The minimum absolute atomic E-state index is 0.0453. The van der Waals surface area contributed by atoms with Crippen LogP contribution < -0.4 is 20.5 Å². The Kier molecular flexibility index (Phi) is 7.18. The molecule has 0 radical (unpaired) electrons. The van der Waals surface area contributed by atoms with Crippen molar-refractivity contribution >= 4 is 16.8 Å². The zero-order chi connectivity index (χ0) is 27.7. The summed E-state index contributed by atoms with van der Waals surface area (Å²) in [4.78, 5) is 20.7. The third-order valence-corrected chi connectivity index (χ3v) is 5.30. The highest BCUT2D eigenvalue weighted by Crippen LogP contribution is 2.37. The van der Waals surface area contributed by atoms with E-state index >= 15 is 0 Å². The molecule has 2 aromatic heterocycles.